The van der Waals surface area contributed by atoms with Gasteiger partial charge in [-0.3, -0.25) is 8.98 Å². The molecule has 3 aliphatic rings. The summed E-state index contributed by atoms with van der Waals surface area (Å²) in [6.07, 6.45) is 0.688. The highest BCUT2D eigenvalue weighted by Gasteiger charge is 2.65. The van der Waals surface area contributed by atoms with E-state index in [1.54, 1.807) is 0 Å². The second kappa shape index (κ2) is 5.90. The molecule has 0 spiro atoms. The normalized spacial score (nSPS) is 38.7. The van der Waals surface area contributed by atoms with Gasteiger partial charge < -0.3 is 9.47 Å². The second-order valence-electron chi connectivity index (χ2n) is 5.93. The quantitative estimate of drug-likeness (QED) is 0.268. The van der Waals surface area contributed by atoms with E-state index in [2.05, 4.69) is 0 Å². The van der Waals surface area contributed by atoms with Gasteiger partial charge in [-0.15, -0.1) is 0 Å². The van der Waals surface area contributed by atoms with Gasteiger partial charge in [0.2, 0.25) is 0 Å². The molecule has 9 heteroatoms. The Balaban J connectivity index is 1.55. The largest absolute Gasteiger partial charge is 0.457 e. The molecule has 22 heavy (non-hydrogen) atoms. The maximum absolute atomic E-state index is 11.8. The van der Waals surface area contributed by atoms with Crippen LogP contribution in [0.15, 0.2) is 0 Å². The average Bonchev–Trinajstić information content (AvgIpc) is 3.08. The van der Waals surface area contributed by atoms with Gasteiger partial charge in [0.1, 0.15) is 16.1 Å². The van der Waals surface area contributed by atoms with Gasteiger partial charge in [-0.05, 0) is 19.3 Å². The molecule has 7 nitrogen and oxygen atoms in total. The SMILES string of the molecule is CCC(I)C(=O)OCC(=O)OC1C2CC3C1OS(=O)(=O)C3C2. The van der Waals surface area contributed by atoms with Crippen LogP contribution in [0.2, 0.25) is 0 Å². The van der Waals surface area contributed by atoms with E-state index in [1.807, 2.05) is 29.5 Å². The lowest BCUT2D eigenvalue weighted by Crippen LogP contribution is -2.38. The van der Waals surface area contributed by atoms with Gasteiger partial charge in [-0.1, -0.05) is 29.5 Å². The van der Waals surface area contributed by atoms with E-state index in [0.29, 0.717) is 19.3 Å². The van der Waals surface area contributed by atoms with Crippen LogP contribution in [-0.4, -0.2) is 48.3 Å². The number of alkyl halides is 1. The molecule has 6 unspecified atom stereocenters. The number of halogens is 1. The third-order valence-corrected chi connectivity index (χ3v) is 7.79. The molecular weight excluding hydrogens is 427 g/mol. The highest BCUT2D eigenvalue weighted by molar-refractivity contribution is 14.1. The fraction of sp³-hybridized carbons (Fsp3) is 0.846. The summed E-state index contributed by atoms with van der Waals surface area (Å²) in [5.41, 5.74) is 0. The summed E-state index contributed by atoms with van der Waals surface area (Å²) < 4.78 is 38.6. The number of esters is 2. The minimum Gasteiger partial charge on any atom is -0.457 e. The van der Waals surface area contributed by atoms with Gasteiger partial charge in [0.15, 0.2) is 6.61 Å². The Morgan fingerprint density at radius 3 is 2.77 bits per heavy atom. The molecule has 6 atom stereocenters. The van der Waals surface area contributed by atoms with Crippen molar-refractivity contribution >= 4 is 44.6 Å². The van der Waals surface area contributed by atoms with Crippen molar-refractivity contribution in [2.45, 2.75) is 47.6 Å². The third kappa shape index (κ3) is 2.75. The van der Waals surface area contributed by atoms with Crippen molar-refractivity contribution in [1.29, 1.82) is 0 Å². The summed E-state index contributed by atoms with van der Waals surface area (Å²) in [5, 5.41) is -0.445. The number of hydrogen-bond donors (Lipinski definition) is 0. The number of ether oxygens (including phenoxy) is 2. The van der Waals surface area contributed by atoms with Crippen molar-refractivity contribution in [2.24, 2.45) is 11.8 Å². The number of hydrogen-bond acceptors (Lipinski definition) is 7. The van der Waals surface area contributed by atoms with Crippen molar-refractivity contribution in [2.75, 3.05) is 6.61 Å². The monoisotopic (exact) mass is 444 g/mol. The first-order valence-electron chi connectivity index (χ1n) is 7.25. The zero-order valence-electron chi connectivity index (χ0n) is 11.9. The van der Waals surface area contributed by atoms with Gasteiger partial charge in [-0.25, -0.2) is 4.79 Å². The zero-order valence-corrected chi connectivity index (χ0v) is 14.9. The maximum atomic E-state index is 11.8. The Hall–Kier alpha value is -0.420. The van der Waals surface area contributed by atoms with E-state index in [9.17, 15) is 18.0 Å². The number of fused-ring (bicyclic) bond motifs is 1. The standard InChI is InChI=1S/C13H17IO7S/c1-2-8(14)13(16)19-5-10(15)20-11-6-3-7-9(4-6)22(17,18)21-12(7)11/h6-9,11-12H,2-5H2,1H3. The fourth-order valence-corrected chi connectivity index (χ4v) is 5.68. The van der Waals surface area contributed by atoms with Crippen LogP contribution in [0.25, 0.3) is 0 Å². The third-order valence-electron chi connectivity index (χ3n) is 4.63. The molecule has 0 amide bonds. The van der Waals surface area contributed by atoms with E-state index in [4.69, 9.17) is 13.7 Å². The van der Waals surface area contributed by atoms with Gasteiger partial charge in [0.05, 0.1) is 5.25 Å². The molecule has 124 valence electrons. The summed E-state index contributed by atoms with van der Waals surface area (Å²) in [6.45, 7) is 1.40. The van der Waals surface area contributed by atoms with E-state index in [1.165, 1.54) is 0 Å². The fourth-order valence-electron chi connectivity index (χ4n) is 3.62. The molecule has 1 saturated heterocycles. The molecular formula is C13H17IO7S. The van der Waals surface area contributed by atoms with Crippen LogP contribution >= 0.6 is 22.6 Å². The van der Waals surface area contributed by atoms with Gasteiger partial charge in [-0.2, -0.15) is 8.42 Å². The maximum Gasteiger partial charge on any atom is 0.344 e. The molecule has 0 radical (unpaired) electrons. The Labute approximate surface area is 142 Å². The van der Waals surface area contributed by atoms with Crippen molar-refractivity contribution in [3.63, 3.8) is 0 Å². The molecule has 1 heterocycles. The second-order valence-corrected chi connectivity index (χ2v) is 9.21. The first kappa shape index (κ1) is 16.4. The summed E-state index contributed by atoms with van der Waals surface area (Å²) in [4.78, 5) is 23.3. The lowest BCUT2D eigenvalue weighted by Gasteiger charge is -2.24. The Kier molecular flexibility index (Phi) is 4.41. The zero-order chi connectivity index (χ0) is 16.1. The van der Waals surface area contributed by atoms with E-state index >= 15 is 0 Å². The smallest absolute Gasteiger partial charge is 0.344 e. The molecule has 3 fully saturated rings. The summed E-state index contributed by atoms with van der Waals surface area (Å²) in [6, 6.07) is 0. The predicted molar refractivity (Wildman–Crippen MR) is 82.7 cm³/mol. The van der Waals surface area contributed by atoms with Gasteiger partial charge in [0, 0.05) is 11.8 Å². The lowest BCUT2D eigenvalue weighted by atomic mass is 9.94. The van der Waals surface area contributed by atoms with Crippen molar-refractivity contribution in [3.05, 3.63) is 0 Å². The van der Waals surface area contributed by atoms with Gasteiger partial charge in [0.25, 0.3) is 10.1 Å². The van der Waals surface area contributed by atoms with Crippen LogP contribution in [0.3, 0.4) is 0 Å². The molecule has 0 N–H and O–H groups in total. The molecule has 2 aliphatic carbocycles. The first-order valence-corrected chi connectivity index (χ1v) is 9.97. The number of carbonyl (C=O) groups excluding carboxylic acids is 2. The molecule has 2 bridgehead atoms. The highest BCUT2D eigenvalue weighted by Crippen LogP contribution is 2.55. The van der Waals surface area contributed by atoms with Crippen LogP contribution < -0.4 is 0 Å². The van der Waals surface area contributed by atoms with Crippen LogP contribution in [0.5, 0.6) is 0 Å². The van der Waals surface area contributed by atoms with E-state index < -0.39 is 46.1 Å². The van der Waals surface area contributed by atoms with Crippen molar-refractivity contribution in [1.82, 2.24) is 0 Å². The molecule has 0 aromatic heterocycles. The van der Waals surface area contributed by atoms with Crippen LogP contribution in [0.1, 0.15) is 26.2 Å². The topological polar surface area (TPSA) is 96.0 Å². The molecule has 1 aliphatic heterocycles. The van der Waals surface area contributed by atoms with Crippen LogP contribution in [-0.2, 0) is 33.4 Å². The van der Waals surface area contributed by atoms with E-state index in [0.717, 1.165) is 0 Å². The average molecular weight is 444 g/mol. The van der Waals surface area contributed by atoms with Gasteiger partial charge >= 0.3 is 11.9 Å². The lowest BCUT2D eigenvalue weighted by molar-refractivity contribution is -0.166. The Morgan fingerprint density at radius 1 is 1.36 bits per heavy atom. The van der Waals surface area contributed by atoms with Crippen molar-refractivity contribution in [3.8, 4) is 0 Å². The summed E-state index contributed by atoms with van der Waals surface area (Å²) >= 11 is 1.95. The molecule has 3 rings (SSSR count). The molecule has 0 aromatic rings. The highest BCUT2D eigenvalue weighted by atomic mass is 127. The minimum absolute atomic E-state index is 0.0184. The number of carbonyl (C=O) groups is 2. The molecule has 2 saturated carbocycles. The summed E-state index contributed by atoms with van der Waals surface area (Å²) in [7, 11) is -3.52. The Bertz CT molecular complexity index is 589. The predicted octanol–water partition coefficient (Wildman–Crippen LogP) is 0.792. The Morgan fingerprint density at radius 2 is 2.09 bits per heavy atom. The molecule has 0 aromatic carbocycles. The summed E-state index contributed by atoms with van der Waals surface area (Å²) in [5.74, 6) is -1.16. The first-order chi connectivity index (χ1) is 10.3. The van der Waals surface area contributed by atoms with Crippen LogP contribution in [0, 0.1) is 11.8 Å². The minimum atomic E-state index is -3.52. The van der Waals surface area contributed by atoms with Crippen LogP contribution in [0.4, 0.5) is 0 Å². The van der Waals surface area contributed by atoms with E-state index in [-0.39, 0.29) is 15.8 Å². The van der Waals surface area contributed by atoms with Crippen molar-refractivity contribution < 1.29 is 31.7 Å². The number of rotatable bonds is 5.